The SMILES string of the molecule is CC(C)[C@@H]1CN(C(=O)c2cccnc2)CCCN1Cc1ccc(F)cc1. The summed E-state index contributed by atoms with van der Waals surface area (Å²) in [6, 6.07) is 10.6. The zero-order chi connectivity index (χ0) is 18.5. The van der Waals surface area contributed by atoms with Gasteiger partial charge in [0.25, 0.3) is 5.91 Å². The normalized spacial score (nSPS) is 18.8. The van der Waals surface area contributed by atoms with Crippen LogP contribution in [0.3, 0.4) is 0 Å². The van der Waals surface area contributed by atoms with E-state index in [1.54, 1.807) is 18.5 Å². The first-order valence-electron chi connectivity index (χ1n) is 9.22. The lowest BCUT2D eigenvalue weighted by molar-refractivity contribution is 0.0702. The highest BCUT2D eigenvalue weighted by Crippen LogP contribution is 2.21. The van der Waals surface area contributed by atoms with Crippen LogP contribution in [-0.4, -0.2) is 46.4 Å². The molecule has 0 bridgehead atoms. The molecule has 1 fully saturated rings. The van der Waals surface area contributed by atoms with Gasteiger partial charge in [0.05, 0.1) is 5.56 Å². The molecule has 1 aliphatic heterocycles. The van der Waals surface area contributed by atoms with Crippen LogP contribution in [0.15, 0.2) is 48.8 Å². The van der Waals surface area contributed by atoms with E-state index in [9.17, 15) is 9.18 Å². The Kier molecular flexibility index (Phi) is 5.99. The van der Waals surface area contributed by atoms with E-state index in [0.717, 1.165) is 31.6 Å². The van der Waals surface area contributed by atoms with Crippen molar-refractivity contribution < 1.29 is 9.18 Å². The molecule has 5 heteroatoms. The van der Waals surface area contributed by atoms with Crippen molar-refractivity contribution in [1.29, 1.82) is 0 Å². The average Bonchev–Trinajstić information content (AvgIpc) is 2.86. The predicted octanol–water partition coefficient (Wildman–Crippen LogP) is 3.59. The van der Waals surface area contributed by atoms with Crippen LogP contribution in [0.25, 0.3) is 0 Å². The highest BCUT2D eigenvalue weighted by atomic mass is 19.1. The molecule has 1 aromatic carbocycles. The van der Waals surface area contributed by atoms with Crippen molar-refractivity contribution in [3.8, 4) is 0 Å². The highest BCUT2D eigenvalue weighted by molar-refractivity contribution is 5.93. The fraction of sp³-hybridized carbons (Fsp3) is 0.429. The number of carbonyl (C=O) groups is 1. The third-order valence-electron chi connectivity index (χ3n) is 5.01. The molecule has 2 aromatic rings. The van der Waals surface area contributed by atoms with Crippen molar-refractivity contribution >= 4 is 5.91 Å². The highest BCUT2D eigenvalue weighted by Gasteiger charge is 2.29. The summed E-state index contributed by atoms with van der Waals surface area (Å²) in [5, 5.41) is 0. The average molecular weight is 355 g/mol. The molecule has 1 aliphatic rings. The molecule has 0 spiro atoms. The van der Waals surface area contributed by atoms with Crippen molar-refractivity contribution in [1.82, 2.24) is 14.8 Å². The molecule has 138 valence electrons. The Balaban J connectivity index is 1.75. The second-order valence-electron chi connectivity index (χ2n) is 7.25. The third kappa shape index (κ3) is 4.47. The van der Waals surface area contributed by atoms with Crippen molar-refractivity contribution in [3.63, 3.8) is 0 Å². The molecule has 0 unspecified atom stereocenters. The van der Waals surface area contributed by atoms with Gasteiger partial charge in [-0.05, 0) is 42.2 Å². The van der Waals surface area contributed by atoms with Gasteiger partial charge in [-0.25, -0.2) is 4.39 Å². The lowest BCUT2D eigenvalue weighted by Gasteiger charge is -2.34. The summed E-state index contributed by atoms with van der Waals surface area (Å²) < 4.78 is 13.2. The summed E-state index contributed by atoms with van der Waals surface area (Å²) in [6.07, 6.45) is 4.24. The molecule has 1 saturated heterocycles. The Morgan fingerprint density at radius 2 is 2.00 bits per heavy atom. The summed E-state index contributed by atoms with van der Waals surface area (Å²) >= 11 is 0. The van der Waals surface area contributed by atoms with Crippen LogP contribution in [0.1, 0.15) is 36.2 Å². The first kappa shape index (κ1) is 18.5. The van der Waals surface area contributed by atoms with E-state index < -0.39 is 0 Å². The quantitative estimate of drug-likeness (QED) is 0.841. The van der Waals surface area contributed by atoms with Crippen LogP contribution in [0.4, 0.5) is 4.39 Å². The molecule has 26 heavy (non-hydrogen) atoms. The van der Waals surface area contributed by atoms with E-state index in [-0.39, 0.29) is 17.8 Å². The standard InChI is InChI=1S/C21H26FN3O/c1-16(2)20-15-25(21(26)18-5-3-10-23-13-18)12-4-11-24(20)14-17-6-8-19(22)9-7-17/h3,5-10,13,16,20H,4,11-12,14-15H2,1-2H3/t20-/m0/s1. The minimum absolute atomic E-state index is 0.0485. The van der Waals surface area contributed by atoms with Gasteiger partial charge < -0.3 is 4.90 Å². The number of benzene rings is 1. The van der Waals surface area contributed by atoms with E-state index >= 15 is 0 Å². The smallest absolute Gasteiger partial charge is 0.255 e. The van der Waals surface area contributed by atoms with Crippen molar-refractivity contribution in [2.24, 2.45) is 5.92 Å². The third-order valence-corrected chi connectivity index (χ3v) is 5.01. The predicted molar refractivity (Wildman–Crippen MR) is 100 cm³/mol. The van der Waals surface area contributed by atoms with Crippen LogP contribution >= 0.6 is 0 Å². The maximum absolute atomic E-state index is 13.2. The van der Waals surface area contributed by atoms with Gasteiger partial charge in [0, 0.05) is 44.6 Å². The Morgan fingerprint density at radius 1 is 1.23 bits per heavy atom. The van der Waals surface area contributed by atoms with Crippen molar-refractivity contribution in [2.75, 3.05) is 19.6 Å². The second-order valence-corrected chi connectivity index (χ2v) is 7.25. The molecular weight excluding hydrogens is 329 g/mol. The number of hydrogen-bond acceptors (Lipinski definition) is 3. The van der Waals surface area contributed by atoms with E-state index in [0.29, 0.717) is 18.0 Å². The molecule has 2 heterocycles. The Labute approximate surface area is 154 Å². The summed E-state index contributed by atoms with van der Waals surface area (Å²) in [4.78, 5) is 21.3. The molecule has 3 rings (SSSR count). The van der Waals surface area contributed by atoms with Gasteiger partial charge >= 0.3 is 0 Å². The van der Waals surface area contributed by atoms with Crippen LogP contribution < -0.4 is 0 Å². The molecule has 0 saturated carbocycles. The van der Waals surface area contributed by atoms with Gasteiger partial charge in [0.2, 0.25) is 0 Å². The zero-order valence-electron chi connectivity index (χ0n) is 15.4. The number of nitrogens with zero attached hydrogens (tertiary/aromatic N) is 3. The molecule has 1 atom stereocenters. The van der Waals surface area contributed by atoms with Gasteiger partial charge in [0.1, 0.15) is 5.82 Å². The summed E-state index contributed by atoms with van der Waals surface area (Å²) in [6.45, 7) is 7.54. The molecule has 4 nitrogen and oxygen atoms in total. The Morgan fingerprint density at radius 3 is 2.65 bits per heavy atom. The van der Waals surface area contributed by atoms with E-state index in [2.05, 4.69) is 23.7 Å². The van der Waals surface area contributed by atoms with Gasteiger partial charge in [-0.2, -0.15) is 0 Å². The molecule has 1 amide bonds. The lowest BCUT2D eigenvalue weighted by atomic mass is 10.0. The molecule has 0 N–H and O–H groups in total. The topological polar surface area (TPSA) is 36.4 Å². The largest absolute Gasteiger partial charge is 0.337 e. The van der Waals surface area contributed by atoms with Gasteiger partial charge in [-0.15, -0.1) is 0 Å². The number of aromatic nitrogens is 1. The van der Waals surface area contributed by atoms with E-state index in [1.807, 2.05) is 23.1 Å². The number of hydrogen-bond donors (Lipinski definition) is 0. The van der Waals surface area contributed by atoms with Crippen LogP contribution in [0.5, 0.6) is 0 Å². The number of halogens is 1. The summed E-state index contributed by atoms with van der Waals surface area (Å²) in [5.74, 6) is 0.253. The first-order chi connectivity index (χ1) is 12.5. The lowest BCUT2D eigenvalue weighted by Crippen LogP contribution is -2.45. The maximum Gasteiger partial charge on any atom is 0.255 e. The van der Waals surface area contributed by atoms with Gasteiger partial charge in [-0.1, -0.05) is 26.0 Å². The minimum Gasteiger partial charge on any atom is -0.337 e. The van der Waals surface area contributed by atoms with Gasteiger partial charge in [-0.3, -0.25) is 14.7 Å². The fourth-order valence-electron chi connectivity index (χ4n) is 3.57. The number of amides is 1. The fourth-order valence-corrected chi connectivity index (χ4v) is 3.57. The molecule has 0 radical (unpaired) electrons. The number of rotatable bonds is 4. The number of pyridine rings is 1. The van der Waals surface area contributed by atoms with Crippen LogP contribution in [0.2, 0.25) is 0 Å². The second kappa shape index (κ2) is 8.41. The van der Waals surface area contributed by atoms with E-state index in [4.69, 9.17) is 0 Å². The first-order valence-corrected chi connectivity index (χ1v) is 9.22. The molecule has 0 aliphatic carbocycles. The number of carbonyl (C=O) groups excluding carboxylic acids is 1. The van der Waals surface area contributed by atoms with Crippen LogP contribution in [-0.2, 0) is 6.54 Å². The monoisotopic (exact) mass is 355 g/mol. The van der Waals surface area contributed by atoms with Crippen LogP contribution in [0, 0.1) is 11.7 Å². The summed E-state index contributed by atoms with van der Waals surface area (Å²) in [5.41, 5.74) is 1.74. The Bertz CT molecular complexity index is 718. The summed E-state index contributed by atoms with van der Waals surface area (Å²) in [7, 11) is 0. The van der Waals surface area contributed by atoms with E-state index in [1.165, 1.54) is 12.1 Å². The zero-order valence-corrected chi connectivity index (χ0v) is 15.4. The Hall–Kier alpha value is -2.27. The van der Waals surface area contributed by atoms with Gasteiger partial charge in [0.15, 0.2) is 0 Å². The molecular formula is C21H26FN3O. The van der Waals surface area contributed by atoms with Crippen molar-refractivity contribution in [2.45, 2.75) is 32.9 Å². The minimum atomic E-state index is -0.210. The molecule has 1 aromatic heterocycles. The maximum atomic E-state index is 13.2. The van der Waals surface area contributed by atoms with Crippen molar-refractivity contribution in [3.05, 3.63) is 65.7 Å².